The van der Waals surface area contributed by atoms with Gasteiger partial charge >= 0.3 is 5.97 Å². The van der Waals surface area contributed by atoms with Crippen LogP contribution in [-0.4, -0.2) is 34.1 Å². The minimum atomic E-state index is -0.803. The van der Waals surface area contributed by atoms with Crippen LogP contribution >= 0.6 is 11.6 Å². The zero-order chi connectivity index (χ0) is 21.1. The highest BCUT2D eigenvalue weighted by atomic mass is 35.5. The summed E-state index contributed by atoms with van der Waals surface area (Å²) in [6.07, 6.45) is 3.16. The Hall–Kier alpha value is -2.89. The van der Waals surface area contributed by atoms with Crippen LogP contribution in [0.5, 0.6) is 5.75 Å². The van der Waals surface area contributed by atoms with Gasteiger partial charge < -0.3 is 9.84 Å². The fraction of sp³-hybridized carbons (Fsp3) is 0.250. The first-order chi connectivity index (χ1) is 14.6. The summed E-state index contributed by atoms with van der Waals surface area (Å²) in [7, 11) is 1.64. The maximum Gasteiger partial charge on any atom is 0.320 e. The fourth-order valence-electron chi connectivity index (χ4n) is 4.17. The van der Waals surface area contributed by atoms with Gasteiger partial charge in [0.25, 0.3) is 0 Å². The number of hydrogen-bond donors (Lipinski definition) is 1. The van der Waals surface area contributed by atoms with E-state index >= 15 is 0 Å². The molecule has 1 saturated heterocycles. The van der Waals surface area contributed by atoms with Gasteiger partial charge in [0, 0.05) is 29.4 Å². The van der Waals surface area contributed by atoms with Gasteiger partial charge in [0.2, 0.25) is 0 Å². The predicted molar refractivity (Wildman–Crippen MR) is 117 cm³/mol. The molecule has 1 N–H and O–H groups in total. The molecule has 2 atom stereocenters. The van der Waals surface area contributed by atoms with Crippen molar-refractivity contribution in [2.75, 3.05) is 7.11 Å². The van der Waals surface area contributed by atoms with Gasteiger partial charge in [0.05, 0.1) is 12.8 Å². The van der Waals surface area contributed by atoms with Crippen LogP contribution in [0.15, 0.2) is 66.9 Å². The van der Waals surface area contributed by atoms with E-state index in [1.165, 1.54) is 0 Å². The Morgan fingerprint density at radius 3 is 2.60 bits per heavy atom. The lowest BCUT2D eigenvalue weighted by molar-refractivity contribution is -0.142. The number of methoxy groups -OCH3 is 1. The maximum atomic E-state index is 11.9. The average molecular weight is 423 g/mol. The Labute approximate surface area is 180 Å². The number of pyridine rings is 1. The van der Waals surface area contributed by atoms with Crippen molar-refractivity contribution >= 4 is 17.6 Å². The van der Waals surface area contributed by atoms with Crippen LogP contribution in [0.4, 0.5) is 0 Å². The van der Waals surface area contributed by atoms with Crippen LogP contribution in [0.2, 0.25) is 5.02 Å². The minimum Gasteiger partial charge on any atom is -0.496 e. The molecule has 0 saturated carbocycles. The SMILES string of the molecule is COc1ccccc1-c1ccc(CN2[C@@H](c3ccccc3Cl)CC[C@H]2C(=O)O)cn1. The molecule has 0 bridgehead atoms. The molecule has 1 aliphatic heterocycles. The van der Waals surface area contributed by atoms with E-state index in [1.807, 2.05) is 71.8 Å². The first kappa shape index (κ1) is 20.4. The van der Waals surface area contributed by atoms with Crippen LogP contribution in [0.1, 0.15) is 30.0 Å². The van der Waals surface area contributed by atoms with Crippen LogP contribution in [0.3, 0.4) is 0 Å². The molecule has 0 amide bonds. The van der Waals surface area contributed by atoms with Gasteiger partial charge in [-0.25, -0.2) is 0 Å². The summed E-state index contributed by atoms with van der Waals surface area (Å²) in [5, 5.41) is 10.4. The third-order valence-electron chi connectivity index (χ3n) is 5.64. The first-order valence-electron chi connectivity index (χ1n) is 9.89. The van der Waals surface area contributed by atoms with Crippen molar-refractivity contribution in [1.29, 1.82) is 0 Å². The van der Waals surface area contributed by atoms with Gasteiger partial charge in [-0.2, -0.15) is 0 Å². The number of nitrogens with zero attached hydrogens (tertiary/aromatic N) is 2. The van der Waals surface area contributed by atoms with Gasteiger partial charge in [-0.15, -0.1) is 0 Å². The zero-order valence-electron chi connectivity index (χ0n) is 16.7. The molecule has 1 aliphatic rings. The molecule has 0 aliphatic carbocycles. The number of carboxylic acids is 1. The van der Waals surface area contributed by atoms with Gasteiger partial charge in [-0.05, 0) is 48.2 Å². The molecule has 0 unspecified atom stereocenters. The van der Waals surface area contributed by atoms with E-state index in [4.69, 9.17) is 16.3 Å². The Morgan fingerprint density at radius 2 is 1.90 bits per heavy atom. The molecular formula is C24H23ClN2O3. The van der Waals surface area contributed by atoms with Crippen molar-refractivity contribution in [3.8, 4) is 17.0 Å². The second-order valence-corrected chi connectivity index (χ2v) is 7.80. The number of para-hydroxylation sites is 1. The van der Waals surface area contributed by atoms with Gasteiger partial charge in [0.1, 0.15) is 11.8 Å². The number of halogens is 1. The number of likely N-dealkylation sites (tertiary alicyclic amines) is 1. The summed E-state index contributed by atoms with van der Waals surface area (Å²) in [5.74, 6) is -0.0369. The molecule has 4 rings (SSSR count). The number of benzene rings is 2. The Bertz CT molecular complexity index is 1040. The summed E-state index contributed by atoms with van der Waals surface area (Å²) < 4.78 is 5.43. The molecule has 2 heterocycles. The number of hydrogen-bond acceptors (Lipinski definition) is 4. The molecule has 154 valence electrons. The van der Waals surface area contributed by atoms with Crippen molar-refractivity contribution in [2.24, 2.45) is 0 Å². The van der Waals surface area contributed by atoms with E-state index in [-0.39, 0.29) is 6.04 Å². The maximum absolute atomic E-state index is 11.9. The molecule has 5 nitrogen and oxygen atoms in total. The van der Waals surface area contributed by atoms with Crippen molar-refractivity contribution < 1.29 is 14.6 Å². The van der Waals surface area contributed by atoms with Crippen molar-refractivity contribution in [3.05, 3.63) is 83.0 Å². The van der Waals surface area contributed by atoms with Crippen molar-refractivity contribution in [1.82, 2.24) is 9.88 Å². The number of aliphatic carboxylic acids is 1. The largest absolute Gasteiger partial charge is 0.496 e. The van der Waals surface area contributed by atoms with Crippen LogP contribution in [0.25, 0.3) is 11.3 Å². The lowest BCUT2D eigenvalue weighted by atomic mass is 10.0. The molecule has 1 aromatic heterocycles. The lowest BCUT2D eigenvalue weighted by Gasteiger charge is -2.29. The summed E-state index contributed by atoms with van der Waals surface area (Å²) in [4.78, 5) is 18.5. The van der Waals surface area contributed by atoms with Gasteiger partial charge in [-0.3, -0.25) is 14.7 Å². The molecular weight excluding hydrogens is 400 g/mol. The number of carbonyl (C=O) groups is 1. The van der Waals surface area contributed by atoms with Gasteiger partial charge in [-0.1, -0.05) is 48.0 Å². The van der Waals surface area contributed by atoms with E-state index in [0.29, 0.717) is 18.0 Å². The highest BCUT2D eigenvalue weighted by Gasteiger charge is 2.39. The molecule has 2 aromatic carbocycles. The van der Waals surface area contributed by atoms with Crippen molar-refractivity contribution in [2.45, 2.75) is 31.5 Å². The Kier molecular flexibility index (Phi) is 6.02. The summed E-state index contributed by atoms with van der Waals surface area (Å²) >= 11 is 6.42. The molecule has 6 heteroatoms. The normalized spacial score (nSPS) is 19.0. The third-order valence-corrected chi connectivity index (χ3v) is 5.98. The molecule has 0 radical (unpaired) electrons. The molecule has 1 fully saturated rings. The average Bonchev–Trinajstić information content (AvgIpc) is 3.18. The molecule has 3 aromatic rings. The minimum absolute atomic E-state index is 0.0336. The fourth-order valence-corrected chi connectivity index (χ4v) is 4.44. The van der Waals surface area contributed by atoms with E-state index in [0.717, 1.165) is 34.6 Å². The Balaban J connectivity index is 1.60. The third kappa shape index (κ3) is 4.04. The second-order valence-electron chi connectivity index (χ2n) is 7.39. The number of ether oxygens (including phenoxy) is 1. The summed E-state index contributed by atoms with van der Waals surface area (Å²) in [6, 6.07) is 18.8. The summed E-state index contributed by atoms with van der Waals surface area (Å²) in [5.41, 5.74) is 3.67. The smallest absolute Gasteiger partial charge is 0.320 e. The standard InChI is InChI=1S/C24H23ClN2O3/c1-30-23-9-5-3-7-18(23)20-11-10-16(14-26-20)15-27-21(12-13-22(27)24(28)29)17-6-2-4-8-19(17)25/h2-11,14,21-22H,12-13,15H2,1H3,(H,28,29)/t21-,22+/m1/s1. The molecule has 30 heavy (non-hydrogen) atoms. The predicted octanol–water partition coefficient (Wildman–Crippen LogP) is 5.20. The van der Waals surface area contributed by atoms with Crippen LogP contribution in [0, 0.1) is 0 Å². The molecule has 0 spiro atoms. The second kappa shape index (κ2) is 8.86. The van der Waals surface area contributed by atoms with Crippen LogP contribution in [-0.2, 0) is 11.3 Å². The summed E-state index contributed by atoms with van der Waals surface area (Å²) in [6.45, 7) is 0.492. The zero-order valence-corrected chi connectivity index (χ0v) is 17.4. The van der Waals surface area contributed by atoms with E-state index in [2.05, 4.69) is 4.98 Å². The monoisotopic (exact) mass is 422 g/mol. The number of aromatic nitrogens is 1. The highest BCUT2D eigenvalue weighted by molar-refractivity contribution is 6.31. The van der Waals surface area contributed by atoms with E-state index in [1.54, 1.807) is 7.11 Å². The quantitative estimate of drug-likeness (QED) is 0.591. The van der Waals surface area contributed by atoms with Gasteiger partial charge in [0.15, 0.2) is 0 Å². The number of carboxylic acid groups (broad SMARTS) is 1. The van der Waals surface area contributed by atoms with E-state index < -0.39 is 12.0 Å². The lowest BCUT2D eigenvalue weighted by Crippen LogP contribution is -2.37. The van der Waals surface area contributed by atoms with Crippen molar-refractivity contribution in [3.63, 3.8) is 0 Å². The van der Waals surface area contributed by atoms with E-state index in [9.17, 15) is 9.90 Å². The highest BCUT2D eigenvalue weighted by Crippen LogP contribution is 2.40. The number of rotatable bonds is 6. The topological polar surface area (TPSA) is 62.7 Å². The van der Waals surface area contributed by atoms with Crippen LogP contribution < -0.4 is 4.74 Å². The first-order valence-corrected chi connectivity index (χ1v) is 10.3. The Morgan fingerprint density at radius 1 is 1.13 bits per heavy atom.